The van der Waals surface area contributed by atoms with Crippen molar-refractivity contribution >= 4 is 28.5 Å². The number of rotatable bonds is 4. The number of likely N-dealkylation sites (tertiary alicyclic amines) is 2. The van der Waals surface area contributed by atoms with Crippen molar-refractivity contribution in [2.45, 2.75) is 57.0 Å². The number of carbonyl (C=O) groups is 1. The number of hydrogen-bond acceptors (Lipinski definition) is 7. The molecule has 0 aliphatic carbocycles. The normalized spacial score (nSPS) is 24.2. The monoisotopic (exact) mass is 482 g/mol. The number of amides is 1. The molecular formula is C26H38N6OS. The second kappa shape index (κ2) is 9.82. The molecule has 5 rings (SSSR count). The summed E-state index contributed by atoms with van der Waals surface area (Å²) in [4.78, 5) is 19.9. The van der Waals surface area contributed by atoms with Gasteiger partial charge in [-0.2, -0.15) is 0 Å². The largest absolute Gasteiger partial charge is 0.353 e. The summed E-state index contributed by atoms with van der Waals surface area (Å²) >= 11 is 1.77. The Balaban J connectivity index is 1.14. The maximum atomic E-state index is 13.1. The molecule has 1 N–H and O–H groups in total. The molecule has 184 valence electrons. The third kappa shape index (κ3) is 4.80. The van der Waals surface area contributed by atoms with E-state index in [2.05, 4.69) is 71.4 Å². The summed E-state index contributed by atoms with van der Waals surface area (Å²) in [6.45, 7) is 8.41. The second-order valence-electron chi connectivity index (χ2n) is 10.4. The topological polar surface area (TPSA) is 54.4 Å². The zero-order valence-corrected chi connectivity index (χ0v) is 21.7. The Kier molecular flexibility index (Phi) is 6.80. The summed E-state index contributed by atoms with van der Waals surface area (Å²) in [7, 11) is 4.18. The standard InChI is InChI=1S/C26H38N6OS/c1-18(2)19-5-7-20(8-6-19)23-17-32-25(27-23)34-26(28-32)31-15-9-21(10-16-31)24(33)30(4)22-11-13-29(3)14-12-22/h5-8,17-18,21-22,25,27H,9-16H2,1-4H3. The van der Waals surface area contributed by atoms with Crippen LogP contribution in [0.15, 0.2) is 35.6 Å². The molecule has 0 bridgehead atoms. The summed E-state index contributed by atoms with van der Waals surface area (Å²) in [5, 5.41) is 11.6. The number of hydrogen-bond donors (Lipinski definition) is 1. The maximum absolute atomic E-state index is 13.1. The Bertz CT molecular complexity index is 945. The summed E-state index contributed by atoms with van der Waals surface area (Å²) in [6.07, 6.45) is 6.12. The van der Waals surface area contributed by atoms with E-state index in [0.29, 0.717) is 17.9 Å². The van der Waals surface area contributed by atoms with E-state index in [-0.39, 0.29) is 11.4 Å². The van der Waals surface area contributed by atoms with Gasteiger partial charge in [-0.3, -0.25) is 4.79 Å². The van der Waals surface area contributed by atoms with E-state index >= 15 is 0 Å². The van der Waals surface area contributed by atoms with E-state index in [1.165, 1.54) is 11.1 Å². The highest BCUT2D eigenvalue weighted by atomic mass is 32.2. The van der Waals surface area contributed by atoms with Crippen LogP contribution in [-0.2, 0) is 4.79 Å². The molecule has 0 spiro atoms. The molecule has 2 saturated heterocycles. The molecule has 1 aromatic carbocycles. The van der Waals surface area contributed by atoms with Crippen LogP contribution < -0.4 is 5.32 Å². The molecule has 8 heteroatoms. The van der Waals surface area contributed by atoms with Crippen molar-refractivity contribution in [2.24, 2.45) is 11.0 Å². The Labute approximate surface area is 208 Å². The van der Waals surface area contributed by atoms with Crippen molar-refractivity contribution in [1.29, 1.82) is 0 Å². The number of hydrazone groups is 1. The van der Waals surface area contributed by atoms with E-state index in [1.54, 1.807) is 11.8 Å². The van der Waals surface area contributed by atoms with Gasteiger partial charge in [-0.1, -0.05) is 38.1 Å². The van der Waals surface area contributed by atoms with Gasteiger partial charge in [0.2, 0.25) is 5.91 Å². The summed E-state index contributed by atoms with van der Waals surface area (Å²) < 4.78 is 0. The van der Waals surface area contributed by atoms with Gasteiger partial charge in [-0.25, -0.2) is 5.01 Å². The second-order valence-corrected chi connectivity index (χ2v) is 11.5. The molecule has 4 aliphatic heterocycles. The molecule has 4 heterocycles. The number of carbonyl (C=O) groups excluding carboxylic acids is 1. The minimum atomic E-state index is 0.115. The molecule has 4 aliphatic rings. The van der Waals surface area contributed by atoms with Crippen molar-refractivity contribution in [1.82, 2.24) is 25.0 Å². The number of benzene rings is 1. The average Bonchev–Trinajstić information content (AvgIpc) is 3.43. The molecule has 0 aromatic heterocycles. The first-order valence-electron chi connectivity index (χ1n) is 12.7. The van der Waals surface area contributed by atoms with Gasteiger partial charge in [0.15, 0.2) is 10.7 Å². The third-order valence-electron chi connectivity index (χ3n) is 7.79. The van der Waals surface area contributed by atoms with Crippen LogP contribution in [0.1, 0.15) is 56.6 Å². The van der Waals surface area contributed by atoms with Crippen molar-refractivity contribution in [3.8, 4) is 0 Å². The lowest BCUT2D eigenvalue weighted by atomic mass is 9.94. The van der Waals surface area contributed by atoms with E-state index < -0.39 is 0 Å². The van der Waals surface area contributed by atoms with Gasteiger partial charge >= 0.3 is 0 Å². The Morgan fingerprint density at radius 3 is 2.38 bits per heavy atom. The fourth-order valence-corrected chi connectivity index (χ4v) is 6.41. The van der Waals surface area contributed by atoms with Gasteiger partial charge in [0.25, 0.3) is 0 Å². The number of fused-ring (bicyclic) bond motifs is 1. The highest BCUT2D eigenvalue weighted by molar-refractivity contribution is 8.14. The maximum Gasteiger partial charge on any atom is 0.225 e. The molecule has 1 atom stereocenters. The Hall–Kier alpha value is -2.19. The van der Waals surface area contributed by atoms with Crippen LogP contribution >= 0.6 is 11.8 Å². The highest BCUT2D eigenvalue weighted by Gasteiger charge is 2.37. The first-order valence-corrected chi connectivity index (χ1v) is 13.6. The van der Waals surface area contributed by atoms with Crippen molar-refractivity contribution in [3.05, 3.63) is 41.6 Å². The first-order chi connectivity index (χ1) is 16.4. The van der Waals surface area contributed by atoms with E-state index in [0.717, 1.165) is 62.7 Å². The smallest absolute Gasteiger partial charge is 0.225 e. The highest BCUT2D eigenvalue weighted by Crippen LogP contribution is 2.35. The molecule has 0 radical (unpaired) electrons. The van der Waals surface area contributed by atoms with Crippen molar-refractivity contribution in [3.63, 3.8) is 0 Å². The predicted octanol–water partition coefficient (Wildman–Crippen LogP) is 3.58. The Morgan fingerprint density at radius 1 is 1.09 bits per heavy atom. The fraction of sp³-hybridized carbons (Fsp3) is 0.615. The SMILES string of the molecule is CC(C)c1ccc(C2=CN3N=C(N4CCC(C(=O)N(C)C5CCN(C)CC5)CC4)SC3N2)cc1. The van der Waals surface area contributed by atoms with Crippen LogP contribution in [0.25, 0.3) is 5.70 Å². The number of nitrogens with one attached hydrogen (secondary N) is 1. The minimum absolute atomic E-state index is 0.115. The molecule has 1 aromatic rings. The zero-order valence-electron chi connectivity index (χ0n) is 20.9. The summed E-state index contributed by atoms with van der Waals surface area (Å²) in [6, 6.07) is 9.20. The lowest BCUT2D eigenvalue weighted by Gasteiger charge is -2.38. The van der Waals surface area contributed by atoms with Crippen LogP contribution in [0.5, 0.6) is 0 Å². The quantitative estimate of drug-likeness (QED) is 0.708. The molecule has 1 amide bonds. The van der Waals surface area contributed by atoms with Crippen LogP contribution in [0.4, 0.5) is 0 Å². The third-order valence-corrected chi connectivity index (χ3v) is 8.89. The number of nitrogens with zero attached hydrogens (tertiary/aromatic N) is 5. The minimum Gasteiger partial charge on any atom is -0.353 e. The molecule has 7 nitrogen and oxygen atoms in total. The zero-order chi connectivity index (χ0) is 23.8. The number of piperidine rings is 2. The first kappa shape index (κ1) is 23.5. The van der Waals surface area contributed by atoms with Gasteiger partial charge < -0.3 is 20.0 Å². The molecule has 34 heavy (non-hydrogen) atoms. The average molecular weight is 483 g/mol. The van der Waals surface area contributed by atoms with Crippen molar-refractivity contribution in [2.75, 3.05) is 40.3 Å². The van der Waals surface area contributed by atoms with Crippen LogP contribution in [0.3, 0.4) is 0 Å². The van der Waals surface area contributed by atoms with Crippen molar-refractivity contribution < 1.29 is 4.79 Å². The fourth-order valence-electron chi connectivity index (χ4n) is 5.33. The van der Waals surface area contributed by atoms with Crippen LogP contribution in [0, 0.1) is 5.92 Å². The predicted molar refractivity (Wildman–Crippen MR) is 140 cm³/mol. The van der Waals surface area contributed by atoms with E-state index in [4.69, 9.17) is 5.10 Å². The summed E-state index contributed by atoms with van der Waals surface area (Å²) in [5.74, 6) is 1.03. The van der Waals surface area contributed by atoms with Gasteiger partial charge in [0.05, 0.1) is 11.9 Å². The molecule has 2 fully saturated rings. The Morgan fingerprint density at radius 2 is 1.76 bits per heavy atom. The van der Waals surface area contributed by atoms with Gasteiger partial charge in [-0.05, 0) is 74.6 Å². The number of amidine groups is 1. The van der Waals surface area contributed by atoms with E-state index in [9.17, 15) is 4.79 Å². The van der Waals surface area contributed by atoms with Crippen LogP contribution in [-0.4, -0.2) is 82.6 Å². The molecule has 0 saturated carbocycles. The number of thioether (sulfide) groups is 1. The molecular weight excluding hydrogens is 444 g/mol. The van der Waals surface area contributed by atoms with E-state index in [1.807, 2.05) is 12.1 Å². The lowest BCUT2D eigenvalue weighted by Crippen LogP contribution is -2.48. The lowest BCUT2D eigenvalue weighted by molar-refractivity contribution is -0.138. The van der Waals surface area contributed by atoms with Gasteiger partial charge in [0, 0.05) is 32.1 Å². The van der Waals surface area contributed by atoms with Crippen LogP contribution in [0.2, 0.25) is 0 Å². The molecule has 1 unspecified atom stereocenters. The van der Waals surface area contributed by atoms with Gasteiger partial charge in [0.1, 0.15) is 0 Å². The summed E-state index contributed by atoms with van der Waals surface area (Å²) in [5.41, 5.74) is 3.79. The van der Waals surface area contributed by atoms with Gasteiger partial charge in [-0.15, -0.1) is 5.10 Å².